The molecular formula is C17H15N5O2S. The Hall–Kier alpha value is -3.00. The average molecular weight is 353 g/mol. The predicted octanol–water partition coefficient (Wildman–Crippen LogP) is 3.23. The SMILES string of the molecule is CCOc1ccccc1OCc1nn2c(-c3ccncc3)nnc2s1. The Kier molecular flexibility index (Phi) is 4.26. The molecule has 126 valence electrons. The molecule has 3 aromatic heterocycles. The van der Waals surface area contributed by atoms with Crippen molar-refractivity contribution in [3.63, 3.8) is 0 Å². The van der Waals surface area contributed by atoms with Crippen LogP contribution in [0, 0.1) is 0 Å². The molecule has 0 N–H and O–H groups in total. The van der Waals surface area contributed by atoms with Gasteiger partial charge >= 0.3 is 0 Å². The lowest BCUT2D eigenvalue weighted by Crippen LogP contribution is -2.00. The third-order valence-corrected chi connectivity index (χ3v) is 4.34. The van der Waals surface area contributed by atoms with Crippen molar-refractivity contribution >= 4 is 16.3 Å². The van der Waals surface area contributed by atoms with Crippen LogP contribution in [0.4, 0.5) is 0 Å². The molecule has 0 bridgehead atoms. The molecule has 0 aliphatic carbocycles. The molecule has 0 aliphatic rings. The maximum atomic E-state index is 5.87. The van der Waals surface area contributed by atoms with E-state index in [4.69, 9.17) is 9.47 Å². The molecule has 0 saturated heterocycles. The molecule has 0 spiro atoms. The van der Waals surface area contributed by atoms with Gasteiger partial charge in [0.25, 0.3) is 0 Å². The summed E-state index contributed by atoms with van der Waals surface area (Å²) in [6.45, 7) is 2.88. The number of nitrogens with zero attached hydrogens (tertiary/aromatic N) is 5. The van der Waals surface area contributed by atoms with Gasteiger partial charge in [-0.05, 0) is 31.2 Å². The van der Waals surface area contributed by atoms with Crippen LogP contribution in [0.2, 0.25) is 0 Å². The number of hydrogen-bond donors (Lipinski definition) is 0. The van der Waals surface area contributed by atoms with Crippen LogP contribution in [0.15, 0.2) is 48.8 Å². The van der Waals surface area contributed by atoms with Gasteiger partial charge in [-0.3, -0.25) is 4.98 Å². The topological polar surface area (TPSA) is 74.4 Å². The van der Waals surface area contributed by atoms with Crippen LogP contribution in [-0.2, 0) is 6.61 Å². The highest BCUT2D eigenvalue weighted by atomic mass is 32.1. The van der Waals surface area contributed by atoms with Gasteiger partial charge < -0.3 is 9.47 Å². The summed E-state index contributed by atoms with van der Waals surface area (Å²) in [6, 6.07) is 11.4. The molecule has 8 heteroatoms. The summed E-state index contributed by atoms with van der Waals surface area (Å²) >= 11 is 1.45. The second kappa shape index (κ2) is 6.86. The number of aromatic nitrogens is 5. The fourth-order valence-electron chi connectivity index (χ4n) is 2.38. The highest BCUT2D eigenvalue weighted by molar-refractivity contribution is 7.16. The summed E-state index contributed by atoms with van der Waals surface area (Å²) < 4.78 is 13.2. The Bertz CT molecular complexity index is 983. The lowest BCUT2D eigenvalue weighted by atomic mass is 10.2. The highest BCUT2D eigenvalue weighted by Crippen LogP contribution is 2.28. The number of rotatable bonds is 6. The molecule has 25 heavy (non-hydrogen) atoms. The Morgan fingerprint density at radius 1 is 1.00 bits per heavy atom. The molecule has 0 saturated carbocycles. The van der Waals surface area contributed by atoms with Crippen molar-refractivity contribution in [2.45, 2.75) is 13.5 Å². The number of hydrogen-bond acceptors (Lipinski definition) is 7. The summed E-state index contributed by atoms with van der Waals surface area (Å²) in [6.07, 6.45) is 3.44. The van der Waals surface area contributed by atoms with E-state index in [1.165, 1.54) is 11.3 Å². The molecule has 3 heterocycles. The van der Waals surface area contributed by atoms with E-state index in [2.05, 4.69) is 20.3 Å². The first kappa shape index (κ1) is 15.5. The van der Waals surface area contributed by atoms with Crippen LogP contribution in [0.3, 0.4) is 0 Å². The average Bonchev–Trinajstić information content (AvgIpc) is 3.22. The first-order chi connectivity index (χ1) is 12.3. The fraction of sp³-hybridized carbons (Fsp3) is 0.176. The zero-order valence-corrected chi connectivity index (χ0v) is 14.3. The molecule has 0 unspecified atom stereocenters. The smallest absolute Gasteiger partial charge is 0.235 e. The van der Waals surface area contributed by atoms with Gasteiger partial charge in [-0.1, -0.05) is 23.5 Å². The maximum absolute atomic E-state index is 5.87. The van der Waals surface area contributed by atoms with Gasteiger partial charge in [-0.15, -0.1) is 10.2 Å². The van der Waals surface area contributed by atoms with E-state index in [0.717, 1.165) is 21.3 Å². The molecule has 4 rings (SSSR count). The third kappa shape index (κ3) is 3.16. The lowest BCUT2D eigenvalue weighted by molar-refractivity contribution is 0.268. The van der Waals surface area contributed by atoms with Crippen LogP contribution in [0.25, 0.3) is 16.3 Å². The van der Waals surface area contributed by atoms with Crippen LogP contribution in [0.5, 0.6) is 11.5 Å². The standard InChI is InChI=1S/C17H15N5O2S/c1-2-23-13-5-3-4-6-14(13)24-11-15-21-22-16(19-20-17(22)25-15)12-7-9-18-10-8-12/h3-10H,2,11H2,1H3. The van der Waals surface area contributed by atoms with Crippen molar-refractivity contribution in [2.75, 3.05) is 6.61 Å². The normalized spacial score (nSPS) is 10.9. The van der Waals surface area contributed by atoms with E-state index in [1.807, 2.05) is 43.3 Å². The maximum Gasteiger partial charge on any atom is 0.235 e. The molecule has 4 aromatic rings. The van der Waals surface area contributed by atoms with E-state index in [-0.39, 0.29) is 0 Å². The molecule has 7 nitrogen and oxygen atoms in total. The van der Waals surface area contributed by atoms with Crippen LogP contribution in [-0.4, -0.2) is 31.4 Å². The minimum Gasteiger partial charge on any atom is -0.490 e. The van der Waals surface area contributed by atoms with Crippen molar-refractivity contribution in [2.24, 2.45) is 0 Å². The zero-order valence-electron chi connectivity index (χ0n) is 13.5. The number of pyridine rings is 1. The Balaban J connectivity index is 1.56. The fourth-order valence-corrected chi connectivity index (χ4v) is 3.13. The first-order valence-electron chi connectivity index (χ1n) is 7.81. The third-order valence-electron chi connectivity index (χ3n) is 3.47. The molecule has 0 radical (unpaired) electrons. The second-order valence-corrected chi connectivity index (χ2v) is 6.16. The van der Waals surface area contributed by atoms with Crippen molar-refractivity contribution in [3.05, 3.63) is 53.8 Å². The second-order valence-electron chi connectivity index (χ2n) is 5.12. The van der Waals surface area contributed by atoms with Gasteiger partial charge in [0.2, 0.25) is 4.96 Å². The van der Waals surface area contributed by atoms with Gasteiger partial charge in [0.05, 0.1) is 6.61 Å². The summed E-state index contributed by atoms with van der Waals surface area (Å²) in [7, 11) is 0. The predicted molar refractivity (Wildman–Crippen MR) is 93.8 cm³/mol. The molecule has 1 aromatic carbocycles. The van der Waals surface area contributed by atoms with Gasteiger partial charge in [0.15, 0.2) is 22.3 Å². The summed E-state index contributed by atoms with van der Waals surface area (Å²) in [5, 5.41) is 13.8. The number of ether oxygens (including phenoxy) is 2. The van der Waals surface area contributed by atoms with Crippen LogP contribution in [0.1, 0.15) is 11.9 Å². The summed E-state index contributed by atoms with van der Waals surface area (Å²) in [4.78, 5) is 4.75. The van der Waals surface area contributed by atoms with Gasteiger partial charge in [-0.25, -0.2) is 0 Å². The Morgan fingerprint density at radius 3 is 2.52 bits per heavy atom. The van der Waals surface area contributed by atoms with Crippen molar-refractivity contribution < 1.29 is 9.47 Å². The number of fused-ring (bicyclic) bond motifs is 1. The van der Waals surface area contributed by atoms with Crippen molar-refractivity contribution in [1.82, 2.24) is 24.8 Å². The minimum atomic E-state index is 0.341. The van der Waals surface area contributed by atoms with Crippen LogP contribution >= 0.6 is 11.3 Å². The minimum absolute atomic E-state index is 0.341. The van der Waals surface area contributed by atoms with Crippen molar-refractivity contribution in [3.8, 4) is 22.9 Å². The monoisotopic (exact) mass is 353 g/mol. The molecule has 0 fully saturated rings. The van der Waals surface area contributed by atoms with E-state index in [0.29, 0.717) is 24.8 Å². The van der Waals surface area contributed by atoms with E-state index in [1.54, 1.807) is 16.9 Å². The molecule has 0 amide bonds. The summed E-state index contributed by atoms with van der Waals surface area (Å²) in [5.74, 6) is 2.12. The van der Waals surface area contributed by atoms with Gasteiger partial charge in [-0.2, -0.15) is 9.61 Å². The molecular weight excluding hydrogens is 338 g/mol. The molecule has 0 atom stereocenters. The number of para-hydroxylation sites is 2. The quantitative estimate of drug-likeness (QED) is 0.530. The number of benzene rings is 1. The zero-order chi connectivity index (χ0) is 17.1. The Labute approximate surface area is 147 Å². The van der Waals surface area contributed by atoms with Crippen LogP contribution < -0.4 is 9.47 Å². The van der Waals surface area contributed by atoms with Gasteiger partial charge in [0.1, 0.15) is 6.61 Å². The Morgan fingerprint density at radius 2 is 1.76 bits per heavy atom. The highest BCUT2D eigenvalue weighted by Gasteiger charge is 2.14. The van der Waals surface area contributed by atoms with E-state index in [9.17, 15) is 0 Å². The van der Waals surface area contributed by atoms with Gasteiger partial charge in [0, 0.05) is 18.0 Å². The molecule has 0 aliphatic heterocycles. The van der Waals surface area contributed by atoms with E-state index < -0.39 is 0 Å². The summed E-state index contributed by atoms with van der Waals surface area (Å²) in [5.41, 5.74) is 0.918. The van der Waals surface area contributed by atoms with E-state index >= 15 is 0 Å². The van der Waals surface area contributed by atoms with Crippen molar-refractivity contribution in [1.29, 1.82) is 0 Å². The first-order valence-corrected chi connectivity index (χ1v) is 8.63. The largest absolute Gasteiger partial charge is 0.490 e. The lowest BCUT2D eigenvalue weighted by Gasteiger charge is -2.10.